The molecule has 2 amide bonds. The van der Waals surface area contributed by atoms with E-state index in [2.05, 4.69) is 5.32 Å². The number of amides is 2. The Bertz CT molecular complexity index is 704. The quantitative estimate of drug-likeness (QED) is 0.878. The highest BCUT2D eigenvalue weighted by Gasteiger charge is 2.21. The fourth-order valence-electron chi connectivity index (χ4n) is 2.30. The maximum atomic E-state index is 13.8. The SMILES string of the molecule is CCN(C(=O)NCC(O)c1c(F)cccc1F)c1ccccc1F. The Morgan fingerprint density at radius 2 is 1.67 bits per heavy atom. The van der Waals surface area contributed by atoms with Crippen LogP contribution in [0.25, 0.3) is 0 Å². The van der Waals surface area contributed by atoms with Gasteiger partial charge < -0.3 is 10.4 Å². The van der Waals surface area contributed by atoms with Crippen molar-refractivity contribution in [3.05, 3.63) is 65.5 Å². The Hall–Kier alpha value is -2.54. The van der Waals surface area contributed by atoms with E-state index in [9.17, 15) is 23.1 Å². The Morgan fingerprint density at radius 3 is 2.25 bits per heavy atom. The number of benzene rings is 2. The number of anilines is 1. The molecule has 0 aromatic heterocycles. The summed E-state index contributed by atoms with van der Waals surface area (Å²) >= 11 is 0. The minimum absolute atomic E-state index is 0.0732. The van der Waals surface area contributed by atoms with Crippen LogP contribution in [-0.2, 0) is 0 Å². The third-order valence-electron chi connectivity index (χ3n) is 3.48. The number of aliphatic hydroxyl groups excluding tert-OH is 1. The van der Waals surface area contributed by atoms with Gasteiger partial charge in [-0.15, -0.1) is 0 Å². The first-order valence-corrected chi connectivity index (χ1v) is 7.37. The van der Waals surface area contributed by atoms with E-state index in [1.54, 1.807) is 13.0 Å². The molecule has 0 bridgehead atoms. The number of hydrogen-bond acceptors (Lipinski definition) is 2. The molecule has 0 aliphatic carbocycles. The smallest absolute Gasteiger partial charge is 0.322 e. The molecule has 0 spiro atoms. The average Bonchev–Trinajstić information content (AvgIpc) is 2.55. The van der Waals surface area contributed by atoms with Gasteiger partial charge >= 0.3 is 6.03 Å². The molecular weight excluding hydrogens is 321 g/mol. The molecule has 24 heavy (non-hydrogen) atoms. The lowest BCUT2D eigenvalue weighted by atomic mass is 10.1. The minimum atomic E-state index is -1.56. The van der Waals surface area contributed by atoms with Gasteiger partial charge in [0, 0.05) is 13.1 Å². The highest BCUT2D eigenvalue weighted by Crippen LogP contribution is 2.21. The summed E-state index contributed by atoms with van der Waals surface area (Å²) in [6, 6.07) is 8.25. The topological polar surface area (TPSA) is 52.6 Å². The summed E-state index contributed by atoms with van der Waals surface area (Å²) in [5.74, 6) is -2.38. The van der Waals surface area contributed by atoms with Gasteiger partial charge in [0.25, 0.3) is 0 Å². The van der Waals surface area contributed by atoms with Gasteiger partial charge in [-0.05, 0) is 31.2 Å². The van der Waals surface area contributed by atoms with Crippen molar-refractivity contribution in [1.82, 2.24) is 5.32 Å². The molecule has 7 heteroatoms. The maximum absolute atomic E-state index is 13.8. The van der Waals surface area contributed by atoms with Crippen molar-refractivity contribution in [3.63, 3.8) is 0 Å². The maximum Gasteiger partial charge on any atom is 0.322 e. The van der Waals surface area contributed by atoms with Crippen LogP contribution in [-0.4, -0.2) is 24.2 Å². The lowest BCUT2D eigenvalue weighted by molar-refractivity contribution is 0.165. The summed E-state index contributed by atoms with van der Waals surface area (Å²) in [7, 11) is 0. The predicted molar refractivity (Wildman–Crippen MR) is 84.1 cm³/mol. The average molecular weight is 338 g/mol. The molecule has 0 radical (unpaired) electrons. The van der Waals surface area contributed by atoms with Crippen molar-refractivity contribution in [3.8, 4) is 0 Å². The first-order valence-electron chi connectivity index (χ1n) is 7.37. The fraction of sp³-hybridized carbons (Fsp3) is 0.235. The van der Waals surface area contributed by atoms with Crippen LogP contribution in [0.3, 0.4) is 0 Å². The summed E-state index contributed by atoms with van der Waals surface area (Å²) in [4.78, 5) is 13.3. The van der Waals surface area contributed by atoms with E-state index in [0.29, 0.717) is 0 Å². The lowest BCUT2D eigenvalue weighted by Gasteiger charge is -2.23. The molecule has 0 aliphatic heterocycles. The number of carbonyl (C=O) groups excluding carboxylic acids is 1. The second-order valence-electron chi connectivity index (χ2n) is 5.03. The number of halogens is 3. The Labute approximate surface area is 137 Å². The lowest BCUT2D eigenvalue weighted by Crippen LogP contribution is -2.42. The molecule has 2 aromatic carbocycles. The van der Waals surface area contributed by atoms with E-state index in [1.165, 1.54) is 24.3 Å². The Morgan fingerprint density at radius 1 is 1.08 bits per heavy atom. The number of urea groups is 1. The van der Waals surface area contributed by atoms with Crippen LogP contribution in [0.5, 0.6) is 0 Å². The number of nitrogens with one attached hydrogen (secondary N) is 1. The molecule has 1 atom stereocenters. The summed E-state index contributed by atoms with van der Waals surface area (Å²) in [5.41, 5.74) is -0.448. The highest BCUT2D eigenvalue weighted by molar-refractivity contribution is 5.92. The number of hydrogen-bond donors (Lipinski definition) is 2. The van der Waals surface area contributed by atoms with Crippen molar-refractivity contribution in [2.75, 3.05) is 18.0 Å². The standard InChI is InChI=1S/C17H17F3N2O2/c1-2-22(14-9-4-3-6-11(14)18)17(24)21-10-15(23)16-12(19)7-5-8-13(16)20/h3-9,15,23H,2,10H2,1H3,(H,21,24). The molecule has 2 N–H and O–H groups in total. The second kappa shape index (κ2) is 7.83. The predicted octanol–water partition coefficient (Wildman–Crippen LogP) is 3.37. The molecule has 2 aromatic rings. The van der Waals surface area contributed by atoms with Gasteiger partial charge in [-0.25, -0.2) is 18.0 Å². The van der Waals surface area contributed by atoms with Gasteiger partial charge in [0.05, 0.1) is 11.3 Å². The zero-order valence-corrected chi connectivity index (χ0v) is 13.0. The normalized spacial score (nSPS) is 11.9. The second-order valence-corrected chi connectivity index (χ2v) is 5.03. The van der Waals surface area contributed by atoms with E-state index >= 15 is 0 Å². The van der Waals surface area contributed by atoms with Gasteiger partial charge in [0.15, 0.2) is 0 Å². The first kappa shape index (κ1) is 17.8. The Kier molecular flexibility index (Phi) is 5.81. The summed E-state index contributed by atoms with van der Waals surface area (Å²) in [5, 5.41) is 12.3. The van der Waals surface area contributed by atoms with E-state index in [0.717, 1.165) is 17.0 Å². The largest absolute Gasteiger partial charge is 0.386 e. The molecule has 0 saturated carbocycles. The summed E-state index contributed by atoms with van der Waals surface area (Å²) in [6.45, 7) is 1.41. The van der Waals surface area contributed by atoms with Crippen LogP contribution in [0.1, 0.15) is 18.6 Å². The van der Waals surface area contributed by atoms with Gasteiger partial charge in [0.2, 0.25) is 0 Å². The van der Waals surface area contributed by atoms with E-state index in [1.807, 2.05) is 0 Å². The van der Waals surface area contributed by atoms with Gasteiger partial charge in [-0.1, -0.05) is 18.2 Å². The van der Waals surface area contributed by atoms with E-state index in [-0.39, 0.29) is 12.2 Å². The number of rotatable bonds is 5. The Balaban J connectivity index is 2.08. The minimum Gasteiger partial charge on any atom is -0.386 e. The fourth-order valence-corrected chi connectivity index (χ4v) is 2.30. The zero-order chi connectivity index (χ0) is 17.7. The van der Waals surface area contributed by atoms with Crippen LogP contribution in [0.2, 0.25) is 0 Å². The van der Waals surface area contributed by atoms with Gasteiger partial charge in [-0.3, -0.25) is 4.90 Å². The summed E-state index contributed by atoms with van der Waals surface area (Å²) in [6.07, 6.45) is -1.56. The number of para-hydroxylation sites is 1. The molecule has 1 unspecified atom stereocenters. The molecule has 4 nitrogen and oxygen atoms in total. The highest BCUT2D eigenvalue weighted by atomic mass is 19.1. The number of aliphatic hydroxyl groups is 1. The van der Waals surface area contributed by atoms with Crippen LogP contribution >= 0.6 is 0 Å². The van der Waals surface area contributed by atoms with Crippen molar-refractivity contribution >= 4 is 11.7 Å². The molecule has 0 fully saturated rings. The molecule has 0 aliphatic rings. The number of nitrogens with zero attached hydrogens (tertiary/aromatic N) is 1. The van der Waals surface area contributed by atoms with Crippen LogP contribution in [0, 0.1) is 17.5 Å². The van der Waals surface area contributed by atoms with E-state index in [4.69, 9.17) is 0 Å². The monoisotopic (exact) mass is 338 g/mol. The third kappa shape index (κ3) is 3.86. The van der Waals surface area contributed by atoms with E-state index < -0.39 is 41.7 Å². The van der Waals surface area contributed by atoms with Gasteiger partial charge in [0.1, 0.15) is 23.6 Å². The molecule has 0 heterocycles. The zero-order valence-electron chi connectivity index (χ0n) is 13.0. The third-order valence-corrected chi connectivity index (χ3v) is 3.48. The molecular formula is C17H17F3N2O2. The molecule has 2 rings (SSSR count). The van der Waals surface area contributed by atoms with Crippen molar-refractivity contribution in [1.29, 1.82) is 0 Å². The van der Waals surface area contributed by atoms with Gasteiger partial charge in [-0.2, -0.15) is 0 Å². The summed E-state index contributed by atoms with van der Waals surface area (Å²) < 4.78 is 41.0. The number of carbonyl (C=O) groups is 1. The molecule has 128 valence electrons. The molecule has 0 saturated heterocycles. The van der Waals surface area contributed by atoms with Crippen molar-refractivity contribution < 1.29 is 23.1 Å². The van der Waals surface area contributed by atoms with Crippen molar-refractivity contribution in [2.45, 2.75) is 13.0 Å². The van der Waals surface area contributed by atoms with Crippen molar-refractivity contribution in [2.24, 2.45) is 0 Å². The first-order chi connectivity index (χ1) is 11.5. The van der Waals surface area contributed by atoms with Crippen LogP contribution in [0.15, 0.2) is 42.5 Å². The van der Waals surface area contributed by atoms with Crippen LogP contribution in [0.4, 0.5) is 23.7 Å². The van der Waals surface area contributed by atoms with Crippen LogP contribution < -0.4 is 10.2 Å².